The first-order chi connectivity index (χ1) is 10.8. The van der Waals surface area contributed by atoms with Crippen molar-refractivity contribution < 1.29 is 14.2 Å². The summed E-state index contributed by atoms with van der Waals surface area (Å²) in [5, 5.41) is 0.941. The molecular formula is C18H19BrO3. The van der Waals surface area contributed by atoms with Crippen LogP contribution < -0.4 is 9.47 Å². The molecule has 116 valence electrons. The molecule has 0 radical (unpaired) electrons. The van der Waals surface area contributed by atoms with E-state index >= 15 is 0 Å². The maximum atomic E-state index is 5.99. The summed E-state index contributed by atoms with van der Waals surface area (Å²) in [5.74, 6) is 1.63. The molecular weight excluding hydrogens is 344 g/mol. The Labute approximate surface area is 139 Å². The van der Waals surface area contributed by atoms with Gasteiger partial charge in [0.1, 0.15) is 6.61 Å². The molecule has 0 aromatic heterocycles. The third-order valence-electron chi connectivity index (χ3n) is 3.52. The third-order valence-corrected chi connectivity index (χ3v) is 3.92. The molecule has 3 rings (SSSR count). The monoisotopic (exact) mass is 362 g/mol. The molecule has 3 nitrogen and oxygen atoms in total. The zero-order chi connectivity index (χ0) is 15.2. The number of hydrogen-bond donors (Lipinski definition) is 0. The first-order valence-corrected chi connectivity index (χ1v) is 8.57. The van der Waals surface area contributed by atoms with Crippen LogP contribution in [-0.2, 0) is 17.8 Å². The second-order valence-electron chi connectivity index (χ2n) is 5.27. The summed E-state index contributed by atoms with van der Waals surface area (Å²) in [7, 11) is 0. The summed E-state index contributed by atoms with van der Waals surface area (Å²) in [5.41, 5.74) is 2.41. The van der Waals surface area contributed by atoms with Crippen LogP contribution in [0.4, 0.5) is 0 Å². The molecule has 1 heterocycles. The van der Waals surface area contributed by atoms with Crippen LogP contribution in [0.25, 0.3) is 0 Å². The van der Waals surface area contributed by atoms with E-state index in [9.17, 15) is 0 Å². The SMILES string of the molecule is BrCCc1ccc2c(c1)O[C@H](COCc1ccccc1)CO2. The fraction of sp³-hybridized carbons (Fsp3) is 0.333. The highest BCUT2D eigenvalue weighted by molar-refractivity contribution is 9.09. The van der Waals surface area contributed by atoms with E-state index in [4.69, 9.17) is 14.2 Å². The minimum absolute atomic E-state index is 0.0598. The van der Waals surface area contributed by atoms with Gasteiger partial charge in [0.15, 0.2) is 17.6 Å². The number of ether oxygens (including phenoxy) is 3. The molecule has 0 spiro atoms. The second kappa shape index (κ2) is 7.65. The van der Waals surface area contributed by atoms with Gasteiger partial charge in [0, 0.05) is 5.33 Å². The van der Waals surface area contributed by atoms with E-state index in [1.807, 2.05) is 24.3 Å². The van der Waals surface area contributed by atoms with Gasteiger partial charge in [-0.15, -0.1) is 0 Å². The zero-order valence-corrected chi connectivity index (χ0v) is 13.9. The quantitative estimate of drug-likeness (QED) is 0.727. The van der Waals surface area contributed by atoms with Gasteiger partial charge >= 0.3 is 0 Å². The Balaban J connectivity index is 1.53. The van der Waals surface area contributed by atoms with Crippen LogP contribution in [0.2, 0.25) is 0 Å². The van der Waals surface area contributed by atoms with Crippen LogP contribution >= 0.6 is 15.9 Å². The van der Waals surface area contributed by atoms with Crippen LogP contribution in [0.15, 0.2) is 48.5 Å². The Kier molecular flexibility index (Phi) is 5.35. The number of halogens is 1. The third kappa shape index (κ3) is 4.02. The van der Waals surface area contributed by atoms with E-state index in [0.717, 1.165) is 23.2 Å². The van der Waals surface area contributed by atoms with Gasteiger partial charge in [-0.25, -0.2) is 0 Å². The lowest BCUT2D eigenvalue weighted by molar-refractivity contribution is 0.00267. The first-order valence-electron chi connectivity index (χ1n) is 7.45. The van der Waals surface area contributed by atoms with E-state index in [-0.39, 0.29) is 6.10 Å². The van der Waals surface area contributed by atoms with Crippen LogP contribution in [-0.4, -0.2) is 24.6 Å². The topological polar surface area (TPSA) is 27.7 Å². The average molecular weight is 363 g/mol. The summed E-state index contributed by atoms with van der Waals surface area (Å²) in [6, 6.07) is 16.3. The zero-order valence-electron chi connectivity index (χ0n) is 12.3. The largest absolute Gasteiger partial charge is 0.486 e. The van der Waals surface area contributed by atoms with Gasteiger partial charge < -0.3 is 14.2 Å². The molecule has 0 aliphatic carbocycles. The summed E-state index contributed by atoms with van der Waals surface area (Å²) < 4.78 is 17.5. The van der Waals surface area contributed by atoms with Gasteiger partial charge in [-0.05, 0) is 29.7 Å². The minimum Gasteiger partial charge on any atom is -0.486 e. The van der Waals surface area contributed by atoms with Gasteiger partial charge in [-0.3, -0.25) is 0 Å². The average Bonchev–Trinajstić information content (AvgIpc) is 2.56. The molecule has 0 saturated carbocycles. The summed E-state index contributed by atoms with van der Waals surface area (Å²) in [4.78, 5) is 0. The standard InChI is InChI=1S/C18H19BrO3/c19-9-8-14-6-7-17-18(10-14)22-16(13-21-17)12-20-11-15-4-2-1-3-5-15/h1-7,10,16H,8-9,11-13H2/t16-/m1/s1. The van der Waals surface area contributed by atoms with Gasteiger partial charge in [-0.1, -0.05) is 52.3 Å². The molecule has 0 bridgehead atoms. The van der Waals surface area contributed by atoms with Gasteiger partial charge in [0.05, 0.1) is 13.2 Å². The van der Waals surface area contributed by atoms with Crippen LogP contribution in [0.3, 0.4) is 0 Å². The molecule has 22 heavy (non-hydrogen) atoms. The molecule has 2 aromatic carbocycles. The number of fused-ring (bicyclic) bond motifs is 1. The lowest BCUT2D eigenvalue weighted by atomic mass is 10.1. The predicted octanol–water partition coefficient (Wildman–Crippen LogP) is 3.98. The van der Waals surface area contributed by atoms with E-state index in [2.05, 4.69) is 40.2 Å². The fourth-order valence-corrected chi connectivity index (χ4v) is 2.85. The lowest BCUT2D eigenvalue weighted by Crippen LogP contribution is -2.33. The predicted molar refractivity (Wildman–Crippen MR) is 89.9 cm³/mol. The Morgan fingerprint density at radius 3 is 2.73 bits per heavy atom. The number of alkyl halides is 1. The van der Waals surface area contributed by atoms with Gasteiger partial charge in [0.2, 0.25) is 0 Å². The Bertz CT molecular complexity index is 601. The molecule has 4 heteroatoms. The van der Waals surface area contributed by atoms with Crippen molar-refractivity contribution in [3.63, 3.8) is 0 Å². The maximum Gasteiger partial charge on any atom is 0.162 e. The van der Waals surface area contributed by atoms with Crippen LogP contribution in [0.1, 0.15) is 11.1 Å². The smallest absolute Gasteiger partial charge is 0.162 e. The minimum atomic E-state index is -0.0598. The van der Waals surface area contributed by atoms with Crippen molar-refractivity contribution in [2.75, 3.05) is 18.5 Å². The molecule has 1 aliphatic heterocycles. The number of benzene rings is 2. The van der Waals surface area contributed by atoms with Crippen molar-refractivity contribution in [2.45, 2.75) is 19.1 Å². The number of aryl methyl sites for hydroxylation is 1. The molecule has 2 aromatic rings. The highest BCUT2D eigenvalue weighted by Gasteiger charge is 2.21. The lowest BCUT2D eigenvalue weighted by Gasteiger charge is -2.26. The molecule has 0 fully saturated rings. The Morgan fingerprint density at radius 1 is 1.05 bits per heavy atom. The Hall–Kier alpha value is -1.52. The van der Waals surface area contributed by atoms with Crippen molar-refractivity contribution in [2.24, 2.45) is 0 Å². The molecule has 0 amide bonds. The van der Waals surface area contributed by atoms with Crippen molar-refractivity contribution in [1.82, 2.24) is 0 Å². The number of hydrogen-bond acceptors (Lipinski definition) is 3. The van der Waals surface area contributed by atoms with Crippen molar-refractivity contribution >= 4 is 15.9 Å². The molecule has 1 aliphatic rings. The van der Waals surface area contributed by atoms with E-state index in [0.29, 0.717) is 19.8 Å². The van der Waals surface area contributed by atoms with Crippen molar-refractivity contribution in [1.29, 1.82) is 0 Å². The van der Waals surface area contributed by atoms with E-state index in [1.54, 1.807) is 0 Å². The molecule has 0 unspecified atom stereocenters. The molecule has 1 atom stereocenters. The molecule has 0 N–H and O–H groups in total. The first kappa shape index (κ1) is 15.4. The fourth-order valence-electron chi connectivity index (χ4n) is 2.39. The Morgan fingerprint density at radius 2 is 1.91 bits per heavy atom. The molecule has 0 saturated heterocycles. The number of rotatable bonds is 6. The second-order valence-corrected chi connectivity index (χ2v) is 6.06. The van der Waals surface area contributed by atoms with Crippen molar-refractivity contribution in [3.05, 3.63) is 59.7 Å². The van der Waals surface area contributed by atoms with Gasteiger partial charge in [-0.2, -0.15) is 0 Å². The summed E-state index contributed by atoms with van der Waals surface area (Å²) in [6.07, 6.45) is 0.918. The highest BCUT2D eigenvalue weighted by Crippen LogP contribution is 2.32. The summed E-state index contributed by atoms with van der Waals surface area (Å²) in [6.45, 7) is 1.65. The van der Waals surface area contributed by atoms with E-state index < -0.39 is 0 Å². The van der Waals surface area contributed by atoms with Gasteiger partial charge in [0.25, 0.3) is 0 Å². The van der Waals surface area contributed by atoms with Crippen molar-refractivity contribution in [3.8, 4) is 11.5 Å². The normalized spacial score (nSPS) is 16.5. The van der Waals surface area contributed by atoms with Crippen LogP contribution in [0, 0.1) is 0 Å². The highest BCUT2D eigenvalue weighted by atomic mass is 79.9. The summed E-state index contributed by atoms with van der Waals surface area (Å²) >= 11 is 3.46. The van der Waals surface area contributed by atoms with Crippen LogP contribution in [0.5, 0.6) is 11.5 Å². The maximum absolute atomic E-state index is 5.99. The van der Waals surface area contributed by atoms with E-state index in [1.165, 1.54) is 11.1 Å².